The molecular formula is C11H15FN2O3. The number of benzene rings is 1. The first-order valence-corrected chi connectivity index (χ1v) is 5.02. The molecule has 5 N–H and O–H groups in total. The van der Waals surface area contributed by atoms with Crippen LogP contribution < -0.4 is 11.1 Å². The lowest BCUT2D eigenvalue weighted by Crippen LogP contribution is -2.43. The van der Waals surface area contributed by atoms with Crippen molar-refractivity contribution in [1.29, 1.82) is 0 Å². The number of aliphatic hydroxyl groups is 2. The van der Waals surface area contributed by atoms with Crippen molar-refractivity contribution < 1.29 is 19.4 Å². The number of nitrogens with two attached hydrogens (primary N) is 1. The summed E-state index contributed by atoms with van der Waals surface area (Å²) >= 11 is 0. The number of hydrogen-bond donors (Lipinski definition) is 4. The molecule has 5 nitrogen and oxygen atoms in total. The Labute approximate surface area is 98.1 Å². The summed E-state index contributed by atoms with van der Waals surface area (Å²) in [5, 5.41) is 20.6. The first kappa shape index (κ1) is 13.4. The zero-order valence-electron chi connectivity index (χ0n) is 9.40. The number of rotatable bonds is 4. The molecule has 94 valence electrons. The first-order chi connectivity index (χ1) is 7.85. The van der Waals surface area contributed by atoms with E-state index in [2.05, 4.69) is 5.32 Å². The van der Waals surface area contributed by atoms with Crippen LogP contribution in [-0.2, 0) is 0 Å². The van der Waals surface area contributed by atoms with Gasteiger partial charge in [0.05, 0.1) is 12.3 Å². The molecule has 6 heteroatoms. The monoisotopic (exact) mass is 242 g/mol. The third kappa shape index (κ3) is 3.69. The van der Waals surface area contributed by atoms with Crippen molar-refractivity contribution in [3.8, 4) is 0 Å². The maximum atomic E-state index is 13.1. The minimum absolute atomic E-state index is 0.0381. The first-order valence-electron chi connectivity index (χ1n) is 5.02. The van der Waals surface area contributed by atoms with Gasteiger partial charge in [0.15, 0.2) is 0 Å². The number of anilines is 1. The Balaban J connectivity index is 2.68. The molecule has 0 fully saturated rings. The maximum Gasteiger partial charge on any atom is 0.251 e. The number of halogens is 1. The number of aliphatic hydroxyl groups excluding tert-OH is 1. The fourth-order valence-corrected chi connectivity index (χ4v) is 1.10. The van der Waals surface area contributed by atoms with Gasteiger partial charge in [0.2, 0.25) is 0 Å². The minimum atomic E-state index is -1.40. The number of nitrogens with one attached hydrogen (secondary N) is 1. The van der Waals surface area contributed by atoms with Gasteiger partial charge in [0, 0.05) is 12.1 Å². The Hall–Kier alpha value is -1.66. The zero-order valence-corrected chi connectivity index (χ0v) is 9.40. The van der Waals surface area contributed by atoms with E-state index in [9.17, 15) is 14.3 Å². The van der Waals surface area contributed by atoms with E-state index in [1.54, 1.807) is 0 Å². The van der Waals surface area contributed by atoms with Gasteiger partial charge < -0.3 is 21.3 Å². The topological polar surface area (TPSA) is 95.6 Å². The summed E-state index contributed by atoms with van der Waals surface area (Å²) in [5.74, 6) is -1.22. The highest BCUT2D eigenvalue weighted by molar-refractivity contribution is 5.94. The van der Waals surface area contributed by atoms with Crippen LogP contribution in [0.25, 0.3) is 0 Å². The van der Waals surface area contributed by atoms with Crippen molar-refractivity contribution in [2.45, 2.75) is 12.5 Å². The second-order valence-electron chi connectivity index (χ2n) is 4.07. The van der Waals surface area contributed by atoms with Crippen LogP contribution in [0, 0.1) is 5.82 Å². The van der Waals surface area contributed by atoms with Crippen LogP contribution in [0.15, 0.2) is 18.2 Å². The van der Waals surface area contributed by atoms with Crippen molar-refractivity contribution in [2.24, 2.45) is 0 Å². The zero-order chi connectivity index (χ0) is 13.1. The molecule has 1 unspecified atom stereocenters. The van der Waals surface area contributed by atoms with Crippen LogP contribution in [0.3, 0.4) is 0 Å². The van der Waals surface area contributed by atoms with Gasteiger partial charge in [-0.1, -0.05) is 0 Å². The molecule has 0 radical (unpaired) electrons. The van der Waals surface area contributed by atoms with E-state index in [1.165, 1.54) is 19.1 Å². The molecule has 1 amide bonds. The number of nitrogen functional groups attached to an aromatic ring is 1. The van der Waals surface area contributed by atoms with E-state index < -0.39 is 23.9 Å². The number of carbonyl (C=O) groups excluding carboxylic acids is 1. The van der Waals surface area contributed by atoms with Gasteiger partial charge in [-0.05, 0) is 25.1 Å². The molecule has 0 saturated carbocycles. The molecular weight excluding hydrogens is 227 g/mol. The van der Waals surface area contributed by atoms with Crippen molar-refractivity contribution in [1.82, 2.24) is 5.32 Å². The SMILES string of the molecule is CC(O)(CO)CNC(=O)c1ccc(N)c(F)c1. The minimum Gasteiger partial charge on any atom is -0.396 e. The fourth-order valence-electron chi connectivity index (χ4n) is 1.10. The summed E-state index contributed by atoms with van der Waals surface area (Å²) in [4.78, 5) is 11.6. The standard InChI is InChI=1S/C11H15FN2O3/c1-11(17,6-15)5-14-10(16)7-2-3-9(13)8(12)4-7/h2-4,15,17H,5-6,13H2,1H3,(H,14,16). The molecule has 0 heterocycles. The van der Waals surface area contributed by atoms with Gasteiger partial charge in [-0.2, -0.15) is 0 Å². The van der Waals surface area contributed by atoms with Crippen LogP contribution in [0.2, 0.25) is 0 Å². The molecule has 0 aliphatic rings. The molecule has 1 aromatic rings. The maximum absolute atomic E-state index is 13.1. The van der Waals surface area contributed by atoms with Crippen molar-refractivity contribution in [3.05, 3.63) is 29.6 Å². The predicted octanol–water partition coefficient (Wildman–Crippen LogP) is -0.119. The summed E-state index contributed by atoms with van der Waals surface area (Å²) in [6.45, 7) is 0.758. The predicted molar refractivity (Wildman–Crippen MR) is 60.9 cm³/mol. The molecule has 0 aromatic heterocycles. The van der Waals surface area contributed by atoms with E-state index in [0.717, 1.165) is 6.07 Å². The molecule has 17 heavy (non-hydrogen) atoms. The average molecular weight is 242 g/mol. The molecule has 0 spiro atoms. The normalized spacial score (nSPS) is 14.1. The second-order valence-corrected chi connectivity index (χ2v) is 4.07. The summed E-state index contributed by atoms with van der Waals surface area (Å²) in [6.07, 6.45) is 0. The average Bonchev–Trinajstić information content (AvgIpc) is 2.30. The summed E-state index contributed by atoms with van der Waals surface area (Å²) in [7, 11) is 0. The van der Waals surface area contributed by atoms with E-state index in [-0.39, 0.29) is 17.8 Å². The summed E-state index contributed by atoms with van der Waals surface area (Å²) in [6, 6.07) is 3.67. The van der Waals surface area contributed by atoms with Crippen molar-refractivity contribution in [2.75, 3.05) is 18.9 Å². The van der Waals surface area contributed by atoms with Gasteiger partial charge >= 0.3 is 0 Å². The number of amides is 1. The Morgan fingerprint density at radius 3 is 2.76 bits per heavy atom. The lowest BCUT2D eigenvalue weighted by molar-refractivity contribution is 0.00320. The summed E-state index contributed by atoms with van der Waals surface area (Å²) in [5.41, 5.74) is 3.94. The lowest BCUT2D eigenvalue weighted by atomic mass is 10.1. The summed E-state index contributed by atoms with van der Waals surface area (Å²) < 4.78 is 13.1. The van der Waals surface area contributed by atoms with Crippen LogP contribution in [0.1, 0.15) is 17.3 Å². The van der Waals surface area contributed by atoms with E-state index in [1.807, 2.05) is 0 Å². The Morgan fingerprint density at radius 1 is 1.59 bits per heavy atom. The molecule has 0 aliphatic heterocycles. The van der Waals surface area contributed by atoms with Crippen molar-refractivity contribution in [3.63, 3.8) is 0 Å². The molecule has 1 aromatic carbocycles. The largest absolute Gasteiger partial charge is 0.396 e. The number of carbonyl (C=O) groups is 1. The molecule has 1 rings (SSSR count). The Bertz CT molecular complexity index is 421. The van der Waals surface area contributed by atoms with Crippen LogP contribution >= 0.6 is 0 Å². The van der Waals surface area contributed by atoms with Crippen LogP contribution in [-0.4, -0.2) is 34.9 Å². The van der Waals surface area contributed by atoms with Crippen molar-refractivity contribution >= 4 is 11.6 Å². The van der Waals surface area contributed by atoms with E-state index in [0.29, 0.717) is 0 Å². The molecule has 0 bridgehead atoms. The quantitative estimate of drug-likeness (QED) is 0.553. The highest BCUT2D eigenvalue weighted by atomic mass is 19.1. The third-order valence-corrected chi connectivity index (χ3v) is 2.23. The second kappa shape index (κ2) is 5.11. The molecule has 1 atom stereocenters. The van der Waals surface area contributed by atoms with E-state index >= 15 is 0 Å². The molecule has 0 aliphatic carbocycles. The highest BCUT2D eigenvalue weighted by Gasteiger charge is 2.20. The van der Waals surface area contributed by atoms with Crippen LogP contribution in [0.5, 0.6) is 0 Å². The molecule has 0 saturated heterocycles. The van der Waals surface area contributed by atoms with Gasteiger partial charge in [-0.3, -0.25) is 4.79 Å². The Kier molecular flexibility index (Phi) is 4.03. The lowest BCUT2D eigenvalue weighted by Gasteiger charge is -2.20. The highest BCUT2D eigenvalue weighted by Crippen LogP contribution is 2.12. The number of hydrogen-bond acceptors (Lipinski definition) is 4. The Morgan fingerprint density at radius 2 is 2.24 bits per heavy atom. The van der Waals surface area contributed by atoms with Crippen LogP contribution in [0.4, 0.5) is 10.1 Å². The fraction of sp³-hybridized carbons (Fsp3) is 0.364. The smallest absolute Gasteiger partial charge is 0.251 e. The van der Waals surface area contributed by atoms with Gasteiger partial charge in [-0.25, -0.2) is 4.39 Å². The van der Waals surface area contributed by atoms with Gasteiger partial charge in [0.1, 0.15) is 11.4 Å². The third-order valence-electron chi connectivity index (χ3n) is 2.23. The van der Waals surface area contributed by atoms with Gasteiger partial charge in [0.25, 0.3) is 5.91 Å². The van der Waals surface area contributed by atoms with Gasteiger partial charge in [-0.15, -0.1) is 0 Å². The van der Waals surface area contributed by atoms with E-state index in [4.69, 9.17) is 10.8 Å².